The molecule has 0 aliphatic rings. The molecule has 2 aromatic carbocycles. The third-order valence-electron chi connectivity index (χ3n) is 3.36. The van der Waals surface area contributed by atoms with Crippen LogP contribution in [0.2, 0.25) is 0 Å². The zero-order valence-electron chi connectivity index (χ0n) is 12.6. The van der Waals surface area contributed by atoms with Gasteiger partial charge in [0.15, 0.2) is 0 Å². The van der Waals surface area contributed by atoms with E-state index in [9.17, 15) is 9.50 Å². The van der Waals surface area contributed by atoms with Crippen molar-refractivity contribution < 1.29 is 14.2 Å². The van der Waals surface area contributed by atoms with Gasteiger partial charge in [0, 0.05) is 5.56 Å². The van der Waals surface area contributed by atoms with Gasteiger partial charge in [0.1, 0.15) is 24.3 Å². The number of aliphatic hydroxyl groups excluding tert-OH is 1. The fourth-order valence-corrected chi connectivity index (χ4v) is 2.22. The maximum atomic E-state index is 13.6. The number of hydrogen-bond donors (Lipinski definition) is 1. The molecule has 2 aromatic rings. The Labute approximate surface area is 125 Å². The molecule has 0 heterocycles. The van der Waals surface area contributed by atoms with Gasteiger partial charge >= 0.3 is 0 Å². The predicted octanol–water partition coefficient (Wildman–Crippen LogP) is 4.24. The standard InChI is InChI=1S/C18H21FO2/c1-18(2,3)14-9-5-7-11-17(14)21-12-16(20)13-8-4-6-10-15(13)19/h4-11,16,20H,12H2,1-3H3. The van der Waals surface area contributed by atoms with Gasteiger partial charge in [-0.15, -0.1) is 0 Å². The minimum absolute atomic E-state index is 0.0219. The average molecular weight is 288 g/mol. The molecule has 0 saturated carbocycles. The van der Waals surface area contributed by atoms with Gasteiger partial charge in [0.25, 0.3) is 0 Å². The van der Waals surface area contributed by atoms with Crippen LogP contribution in [0.3, 0.4) is 0 Å². The Kier molecular flexibility index (Phi) is 4.63. The van der Waals surface area contributed by atoms with Gasteiger partial charge in [-0.3, -0.25) is 0 Å². The monoisotopic (exact) mass is 288 g/mol. The molecule has 0 aromatic heterocycles. The molecular weight excluding hydrogens is 267 g/mol. The van der Waals surface area contributed by atoms with Crippen LogP contribution in [0.5, 0.6) is 5.75 Å². The summed E-state index contributed by atoms with van der Waals surface area (Å²) in [5.74, 6) is 0.304. The molecule has 0 bridgehead atoms. The van der Waals surface area contributed by atoms with Crippen molar-refractivity contribution in [3.8, 4) is 5.75 Å². The fourth-order valence-electron chi connectivity index (χ4n) is 2.22. The van der Waals surface area contributed by atoms with Crippen LogP contribution in [0.4, 0.5) is 4.39 Å². The quantitative estimate of drug-likeness (QED) is 0.912. The van der Waals surface area contributed by atoms with E-state index in [1.807, 2.05) is 24.3 Å². The van der Waals surface area contributed by atoms with Gasteiger partial charge in [-0.25, -0.2) is 4.39 Å². The first-order valence-electron chi connectivity index (χ1n) is 7.04. The van der Waals surface area contributed by atoms with Crippen molar-refractivity contribution >= 4 is 0 Å². The normalized spacial score (nSPS) is 13.0. The third-order valence-corrected chi connectivity index (χ3v) is 3.36. The molecule has 2 nitrogen and oxygen atoms in total. The van der Waals surface area contributed by atoms with E-state index in [0.29, 0.717) is 0 Å². The zero-order chi connectivity index (χ0) is 15.5. The van der Waals surface area contributed by atoms with Crippen molar-refractivity contribution in [2.75, 3.05) is 6.61 Å². The first-order chi connectivity index (χ1) is 9.89. The van der Waals surface area contributed by atoms with E-state index in [1.165, 1.54) is 6.07 Å². The Balaban J connectivity index is 2.12. The molecule has 112 valence electrons. The summed E-state index contributed by atoms with van der Waals surface area (Å²) in [6, 6.07) is 13.9. The molecule has 21 heavy (non-hydrogen) atoms. The fraction of sp³-hybridized carbons (Fsp3) is 0.333. The number of rotatable bonds is 4. The highest BCUT2D eigenvalue weighted by Crippen LogP contribution is 2.31. The highest BCUT2D eigenvalue weighted by molar-refractivity contribution is 5.38. The molecule has 0 fully saturated rings. The summed E-state index contributed by atoms with van der Waals surface area (Å²) in [6.07, 6.45) is -0.987. The highest BCUT2D eigenvalue weighted by Gasteiger charge is 2.19. The van der Waals surface area contributed by atoms with E-state index in [0.717, 1.165) is 11.3 Å². The minimum atomic E-state index is -0.987. The van der Waals surface area contributed by atoms with Gasteiger partial charge in [0.2, 0.25) is 0 Å². The Morgan fingerprint density at radius 3 is 2.33 bits per heavy atom. The second kappa shape index (κ2) is 6.27. The van der Waals surface area contributed by atoms with Gasteiger partial charge in [-0.2, -0.15) is 0 Å². The molecule has 0 aliphatic heterocycles. The highest BCUT2D eigenvalue weighted by atomic mass is 19.1. The summed E-state index contributed by atoms with van der Waals surface area (Å²) in [5, 5.41) is 10.1. The van der Waals surface area contributed by atoms with Crippen molar-refractivity contribution in [1.82, 2.24) is 0 Å². The number of ether oxygens (including phenoxy) is 1. The minimum Gasteiger partial charge on any atom is -0.490 e. The van der Waals surface area contributed by atoms with Crippen molar-refractivity contribution in [1.29, 1.82) is 0 Å². The van der Waals surface area contributed by atoms with Crippen LogP contribution >= 0.6 is 0 Å². The zero-order valence-corrected chi connectivity index (χ0v) is 12.6. The van der Waals surface area contributed by atoms with Gasteiger partial charge in [0.05, 0.1) is 0 Å². The second-order valence-corrected chi connectivity index (χ2v) is 6.09. The van der Waals surface area contributed by atoms with Gasteiger partial charge in [-0.05, 0) is 23.1 Å². The molecule has 0 amide bonds. The lowest BCUT2D eigenvalue weighted by atomic mass is 9.86. The summed E-state index contributed by atoms with van der Waals surface area (Å²) in [6.45, 7) is 6.32. The molecule has 0 aliphatic carbocycles. The van der Waals surface area contributed by atoms with Crippen LogP contribution in [-0.4, -0.2) is 11.7 Å². The smallest absolute Gasteiger partial charge is 0.129 e. The topological polar surface area (TPSA) is 29.5 Å². The molecule has 2 rings (SSSR count). The van der Waals surface area contributed by atoms with Crippen molar-refractivity contribution in [3.05, 3.63) is 65.5 Å². The lowest BCUT2D eigenvalue weighted by Gasteiger charge is -2.23. The summed E-state index contributed by atoms with van der Waals surface area (Å²) in [4.78, 5) is 0. The Morgan fingerprint density at radius 1 is 1.05 bits per heavy atom. The van der Waals surface area contributed by atoms with Crippen LogP contribution in [0.25, 0.3) is 0 Å². The number of aliphatic hydroxyl groups is 1. The summed E-state index contributed by atoms with van der Waals surface area (Å²) >= 11 is 0. The van der Waals surface area contributed by atoms with Gasteiger partial charge < -0.3 is 9.84 Å². The summed E-state index contributed by atoms with van der Waals surface area (Å²) in [7, 11) is 0. The number of benzene rings is 2. The molecular formula is C18H21FO2. The molecule has 1 N–H and O–H groups in total. The Hall–Kier alpha value is -1.87. The summed E-state index contributed by atoms with van der Waals surface area (Å²) in [5.41, 5.74) is 1.26. The summed E-state index contributed by atoms with van der Waals surface area (Å²) < 4.78 is 19.3. The van der Waals surface area contributed by atoms with E-state index in [-0.39, 0.29) is 17.6 Å². The van der Waals surface area contributed by atoms with Crippen LogP contribution in [0, 0.1) is 5.82 Å². The third kappa shape index (κ3) is 3.82. The lowest BCUT2D eigenvalue weighted by molar-refractivity contribution is 0.104. The van der Waals surface area contributed by atoms with E-state index in [2.05, 4.69) is 20.8 Å². The number of para-hydroxylation sites is 1. The first kappa shape index (κ1) is 15.5. The first-order valence-corrected chi connectivity index (χ1v) is 7.04. The Bertz CT molecular complexity index is 602. The molecule has 0 saturated heterocycles. The lowest BCUT2D eigenvalue weighted by Crippen LogP contribution is -2.16. The average Bonchev–Trinajstić information content (AvgIpc) is 2.44. The van der Waals surface area contributed by atoms with E-state index >= 15 is 0 Å². The molecule has 1 atom stereocenters. The van der Waals surface area contributed by atoms with Crippen molar-refractivity contribution in [2.45, 2.75) is 32.3 Å². The van der Waals surface area contributed by atoms with Crippen molar-refractivity contribution in [3.63, 3.8) is 0 Å². The van der Waals surface area contributed by atoms with Gasteiger partial charge in [-0.1, -0.05) is 57.2 Å². The van der Waals surface area contributed by atoms with Crippen LogP contribution < -0.4 is 4.74 Å². The van der Waals surface area contributed by atoms with Crippen LogP contribution in [-0.2, 0) is 5.41 Å². The maximum Gasteiger partial charge on any atom is 0.129 e. The SMILES string of the molecule is CC(C)(C)c1ccccc1OCC(O)c1ccccc1F. The van der Waals surface area contributed by atoms with E-state index < -0.39 is 11.9 Å². The second-order valence-electron chi connectivity index (χ2n) is 6.09. The molecule has 0 radical (unpaired) electrons. The number of halogens is 1. The molecule has 3 heteroatoms. The van der Waals surface area contributed by atoms with Crippen molar-refractivity contribution in [2.24, 2.45) is 0 Å². The van der Waals surface area contributed by atoms with E-state index in [1.54, 1.807) is 18.2 Å². The van der Waals surface area contributed by atoms with Crippen LogP contribution in [0.1, 0.15) is 38.0 Å². The maximum absolute atomic E-state index is 13.6. The Morgan fingerprint density at radius 2 is 1.67 bits per heavy atom. The number of hydrogen-bond acceptors (Lipinski definition) is 2. The predicted molar refractivity (Wildman–Crippen MR) is 82.0 cm³/mol. The van der Waals surface area contributed by atoms with Crippen LogP contribution in [0.15, 0.2) is 48.5 Å². The largest absolute Gasteiger partial charge is 0.490 e. The molecule has 1 unspecified atom stereocenters. The molecule has 0 spiro atoms. The van der Waals surface area contributed by atoms with E-state index in [4.69, 9.17) is 4.74 Å².